The molecule has 78 valence electrons. The number of likely N-dealkylation sites (N-methyl/N-ethyl adjacent to an activating group) is 1. The number of pyridine rings is 1. The van der Waals surface area contributed by atoms with Crippen LogP contribution in [0.15, 0.2) is 21.2 Å². The Balaban J connectivity index is 2.84. The zero-order valence-corrected chi connectivity index (χ0v) is 11.2. The first-order valence-corrected chi connectivity index (χ1v) is 5.79. The number of hydrogen-bond acceptors (Lipinski definition) is 3. The fraction of sp³-hybridized carbons (Fsp3) is 0.444. The Bertz CT molecular complexity index is 318. The molecule has 0 aliphatic rings. The van der Waals surface area contributed by atoms with Crippen LogP contribution < -0.4 is 4.90 Å². The number of aliphatic hydroxyl groups is 1. The van der Waals surface area contributed by atoms with E-state index in [4.69, 9.17) is 0 Å². The van der Waals surface area contributed by atoms with Crippen molar-refractivity contribution >= 4 is 37.7 Å². The van der Waals surface area contributed by atoms with E-state index in [0.717, 1.165) is 14.8 Å². The molecule has 14 heavy (non-hydrogen) atoms. The van der Waals surface area contributed by atoms with E-state index in [1.807, 2.05) is 18.0 Å². The number of hydrogen-bond donors (Lipinski definition) is 1. The first-order chi connectivity index (χ1) is 6.50. The molecule has 1 unspecified atom stereocenters. The monoisotopic (exact) mass is 322 g/mol. The third-order valence-corrected chi connectivity index (χ3v) is 2.71. The summed E-state index contributed by atoms with van der Waals surface area (Å²) in [5.74, 6) is 0.828. The Hall–Kier alpha value is -0.130. The van der Waals surface area contributed by atoms with Gasteiger partial charge in [-0.15, -0.1) is 0 Å². The van der Waals surface area contributed by atoms with Crippen LogP contribution in [0.1, 0.15) is 6.92 Å². The molecule has 1 N–H and O–H groups in total. The number of aliphatic hydroxyl groups excluding tert-OH is 1. The van der Waals surface area contributed by atoms with Crippen LogP contribution in [0.25, 0.3) is 0 Å². The minimum Gasteiger partial charge on any atom is -0.392 e. The van der Waals surface area contributed by atoms with Crippen LogP contribution in [0.5, 0.6) is 0 Å². The molecule has 0 amide bonds. The Kier molecular flexibility index (Phi) is 4.34. The third kappa shape index (κ3) is 3.22. The van der Waals surface area contributed by atoms with Gasteiger partial charge in [-0.2, -0.15) is 0 Å². The molecular formula is C9H12Br2N2O. The van der Waals surface area contributed by atoms with E-state index >= 15 is 0 Å². The molecule has 1 aromatic rings. The molecule has 0 fully saturated rings. The average molecular weight is 324 g/mol. The highest BCUT2D eigenvalue weighted by molar-refractivity contribution is 9.11. The SMILES string of the molecule is CC(O)CN(C)c1ncc(Br)cc1Br. The lowest BCUT2D eigenvalue weighted by Gasteiger charge is -2.20. The van der Waals surface area contributed by atoms with E-state index in [0.29, 0.717) is 6.54 Å². The molecule has 1 heterocycles. The van der Waals surface area contributed by atoms with Crippen molar-refractivity contribution in [3.05, 3.63) is 21.2 Å². The van der Waals surface area contributed by atoms with Crippen LogP contribution in [0.3, 0.4) is 0 Å². The summed E-state index contributed by atoms with van der Waals surface area (Å²) in [6, 6.07) is 1.93. The van der Waals surface area contributed by atoms with Gasteiger partial charge in [0, 0.05) is 24.3 Å². The summed E-state index contributed by atoms with van der Waals surface area (Å²) in [7, 11) is 1.90. The van der Waals surface area contributed by atoms with Crippen molar-refractivity contribution in [2.75, 3.05) is 18.5 Å². The summed E-state index contributed by atoms with van der Waals surface area (Å²) in [5, 5.41) is 9.24. The lowest BCUT2D eigenvalue weighted by molar-refractivity contribution is 0.201. The lowest BCUT2D eigenvalue weighted by Crippen LogP contribution is -2.27. The van der Waals surface area contributed by atoms with Crippen molar-refractivity contribution in [1.82, 2.24) is 4.98 Å². The summed E-state index contributed by atoms with van der Waals surface area (Å²) >= 11 is 6.76. The summed E-state index contributed by atoms with van der Waals surface area (Å²) < 4.78 is 1.84. The van der Waals surface area contributed by atoms with Gasteiger partial charge in [0.15, 0.2) is 0 Å². The molecule has 0 saturated heterocycles. The largest absolute Gasteiger partial charge is 0.392 e. The molecule has 3 nitrogen and oxygen atoms in total. The lowest BCUT2D eigenvalue weighted by atomic mass is 10.3. The number of anilines is 1. The fourth-order valence-corrected chi connectivity index (χ4v) is 2.46. The van der Waals surface area contributed by atoms with E-state index in [-0.39, 0.29) is 6.10 Å². The number of aromatic nitrogens is 1. The van der Waals surface area contributed by atoms with Crippen LogP contribution >= 0.6 is 31.9 Å². The van der Waals surface area contributed by atoms with Crippen LogP contribution in [0.2, 0.25) is 0 Å². The van der Waals surface area contributed by atoms with Crippen molar-refractivity contribution in [2.45, 2.75) is 13.0 Å². The summed E-state index contributed by atoms with van der Waals surface area (Å²) in [4.78, 5) is 6.16. The summed E-state index contributed by atoms with van der Waals surface area (Å²) in [6.07, 6.45) is 1.37. The minimum atomic E-state index is -0.364. The summed E-state index contributed by atoms with van der Waals surface area (Å²) in [6.45, 7) is 2.32. The van der Waals surface area contributed by atoms with Crippen molar-refractivity contribution in [2.24, 2.45) is 0 Å². The van der Waals surface area contributed by atoms with Crippen LogP contribution in [0.4, 0.5) is 5.82 Å². The van der Waals surface area contributed by atoms with Crippen LogP contribution in [0, 0.1) is 0 Å². The topological polar surface area (TPSA) is 36.4 Å². The maximum Gasteiger partial charge on any atom is 0.142 e. The average Bonchev–Trinajstić information content (AvgIpc) is 2.01. The van der Waals surface area contributed by atoms with Gasteiger partial charge < -0.3 is 10.0 Å². The van der Waals surface area contributed by atoms with Crippen LogP contribution in [-0.2, 0) is 0 Å². The first kappa shape index (κ1) is 11.9. The Morgan fingerprint density at radius 3 is 2.71 bits per heavy atom. The molecule has 1 aromatic heterocycles. The maximum atomic E-state index is 9.24. The molecule has 0 aromatic carbocycles. The second-order valence-electron chi connectivity index (χ2n) is 3.19. The van der Waals surface area contributed by atoms with E-state index in [1.165, 1.54) is 0 Å². The van der Waals surface area contributed by atoms with Gasteiger partial charge in [0.1, 0.15) is 5.82 Å². The van der Waals surface area contributed by atoms with Crippen LogP contribution in [-0.4, -0.2) is 29.8 Å². The zero-order valence-electron chi connectivity index (χ0n) is 8.04. The van der Waals surface area contributed by atoms with Crippen molar-refractivity contribution < 1.29 is 5.11 Å². The molecule has 0 bridgehead atoms. The number of nitrogens with zero attached hydrogens (tertiary/aromatic N) is 2. The molecular weight excluding hydrogens is 312 g/mol. The van der Waals surface area contributed by atoms with E-state index in [2.05, 4.69) is 36.8 Å². The molecule has 1 atom stereocenters. The fourth-order valence-electron chi connectivity index (χ4n) is 1.17. The quantitative estimate of drug-likeness (QED) is 0.928. The molecule has 0 spiro atoms. The van der Waals surface area contributed by atoms with Gasteiger partial charge >= 0.3 is 0 Å². The normalized spacial score (nSPS) is 12.6. The molecule has 5 heteroatoms. The third-order valence-electron chi connectivity index (χ3n) is 1.69. The second-order valence-corrected chi connectivity index (χ2v) is 4.96. The van der Waals surface area contributed by atoms with E-state index < -0.39 is 0 Å². The Morgan fingerprint density at radius 1 is 1.57 bits per heavy atom. The van der Waals surface area contributed by atoms with Crippen molar-refractivity contribution in [3.63, 3.8) is 0 Å². The predicted octanol–water partition coefficient (Wildman–Crippen LogP) is 2.42. The van der Waals surface area contributed by atoms with E-state index in [1.54, 1.807) is 13.1 Å². The van der Waals surface area contributed by atoms with Gasteiger partial charge in [0.25, 0.3) is 0 Å². The predicted molar refractivity (Wildman–Crippen MR) is 64.6 cm³/mol. The van der Waals surface area contributed by atoms with Gasteiger partial charge in [-0.25, -0.2) is 4.98 Å². The Labute approximate surface area is 100 Å². The van der Waals surface area contributed by atoms with Crippen molar-refractivity contribution in [1.29, 1.82) is 0 Å². The van der Waals surface area contributed by atoms with Gasteiger partial charge in [-0.05, 0) is 44.8 Å². The van der Waals surface area contributed by atoms with E-state index in [9.17, 15) is 5.11 Å². The highest BCUT2D eigenvalue weighted by Crippen LogP contribution is 2.25. The van der Waals surface area contributed by atoms with Crippen molar-refractivity contribution in [3.8, 4) is 0 Å². The standard InChI is InChI=1S/C9H12Br2N2O/c1-6(14)5-13(2)9-8(11)3-7(10)4-12-9/h3-4,6,14H,5H2,1-2H3. The summed E-state index contributed by atoms with van der Waals surface area (Å²) in [5.41, 5.74) is 0. The molecule has 0 radical (unpaired) electrons. The molecule has 0 aliphatic carbocycles. The second kappa shape index (κ2) is 5.09. The minimum absolute atomic E-state index is 0.364. The molecule has 0 aliphatic heterocycles. The smallest absolute Gasteiger partial charge is 0.142 e. The number of rotatable bonds is 3. The highest BCUT2D eigenvalue weighted by atomic mass is 79.9. The molecule has 1 rings (SSSR count). The van der Waals surface area contributed by atoms with Gasteiger partial charge in [-0.3, -0.25) is 0 Å². The number of halogens is 2. The maximum absolute atomic E-state index is 9.24. The first-order valence-electron chi connectivity index (χ1n) is 4.21. The highest BCUT2D eigenvalue weighted by Gasteiger charge is 2.09. The van der Waals surface area contributed by atoms with Gasteiger partial charge in [0.05, 0.1) is 10.6 Å². The van der Waals surface area contributed by atoms with Gasteiger partial charge in [0.2, 0.25) is 0 Å². The Morgan fingerprint density at radius 2 is 2.21 bits per heavy atom. The van der Waals surface area contributed by atoms with Gasteiger partial charge in [-0.1, -0.05) is 0 Å². The zero-order chi connectivity index (χ0) is 10.7. The molecule has 0 saturated carbocycles.